The van der Waals surface area contributed by atoms with Crippen LogP contribution >= 0.6 is 0 Å². The number of aromatic nitrogens is 2. The number of aryl methyl sites for hydroxylation is 1. The van der Waals surface area contributed by atoms with Crippen molar-refractivity contribution in [2.24, 2.45) is 0 Å². The number of fused-ring (bicyclic) bond motifs is 1. The van der Waals surface area contributed by atoms with Crippen molar-refractivity contribution < 1.29 is 14.3 Å². The smallest absolute Gasteiger partial charge is 0.338 e. The molecule has 1 aromatic carbocycles. The van der Waals surface area contributed by atoms with Gasteiger partial charge in [0.25, 0.3) is 0 Å². The van der Waals surface area contributed by atoms with Crippen LogP contribution in [0.3, 0.4) is 0 Å². The van der Waals surface area contributed by atoms with Crippen molar-refractivity contribution in [2.75, 3.05) is 0 Å². The minimum Gasteiger partial charge on any atom is -0.478 e. The number of nitrogens with zero attached hydrogens (tertiary/aromatic N) is 1. The Hall–Kier alpha value is -1.91. The summed E-state index contributed by atoms with van der Waals surface area (Å²) in [5.41, 5.74) is 0.730. The molecule has 4 nitrogen and oxygen atoms in total. The molecule has 0 aliphatic rings. The largest absolute Gasteiger partial charge is 0.478 e. The van der Waals surface area contributed by atoms with E-state index in [4.69, 9.17) is 5.11 Å². The fraction of sp³-hybridized carbons (Fsp3) is 0.500. The highest BCUT2D eigenvalue weighted by Crippen LogP contribution is 2.18. The van der Waals surface area contributed by atoms with Crippen molar-refractivity contribution in [3.8, 4) is 0 Å². The molecule has 0 bridgehead atoms. The first kappa shape index (κ1) is 15.5. The third-order valence-electron chi connectivity index (χ3n) is 3.62. The zero-order chi connectivity index (χ0) is 15.2. The molecule has 0 saturated carbocycles. The van der Waals surface area contributed by atoms with Gasteiger partial charge in [0.05, 0.1) is 16.6 Å². The minimum atomic E-state index is -1.27. The van der Waals surface area contributed by atoms with Gasteiger partial charge in [-0.2, -0.15) is 0 Å². The van der Waals surface area contributed by atoms with Crippen molar-refractivity contribution >= 4 is 17.0 Å². The number of hydrogen-bond acceptors (Lipinski definition) is 2. The fourth-order valence-corrected chi connectivity index (χ4v) is 2.44. The van der Waals surface area contributed by atoms with E-state index in [-0.39, 0.29) is 5.56 Å². The van der Waals surface area contributed by atoms with Crippen LogP contribution in [0.5, 0.6) is 0 Å². The molecule has 21 heavy (non-hydrogen) atoms. The van der Waals surface area contributed by atoms with E-state index in [0.717, 1.165) is 25.1 Å². The molecule has 2 N–H and O–H groups in total. The molecule has 0 radical (unpaired) electrons. The van der Waals surface area contributed by atoms with E-state index in [2.05, 4.69) is 16.9 Å². The molecule has 0 amide bonds. The lowest BCUT2D eigenvalue weighted by Gasteiger charge is -1.98. The fourth-order valence-electron chi connectivity index (χ4n) is 2.44. The molecule has 1 heterocycles. The molecule has 114 valence electrons. The second-order valence-electron chi connectivity index (χ2n) is 5.36. The summed E-state index contributed by atoms with van der Waals surface area (Å²) >= 11 is 0. The number of halogens is 1. The Labute approximate surface area is 123 Å². The third-order valence-corrected chi connectivity index (χ3v) is 3.62. The number of rotatable bonds is 8. The van der Waals surface area contributed by atoms with Gasteiger partial charge in [0.2, 0.25) is 0 Å². The lowest BCUT2D eigenvalue weighted by molar-refractivity contribution is 0.0692. The number of hydrogen-bond donors (Lipinski definition) is 2. The van der Waals surface area contributed by atoms with Gasteiger partial charge in [0.1, 0.15) is 11.6 Å². The van der Waals surface area contributed by atoms with Crippen molar-refractivity contribution in [3.63, 3.8) is 0 Å². The summed E-state index contributed by atoms with van der Waals surface area (Å²) in [5.74, 6) is -1.21. The molecule has 0 unspecified atom stereocenters. The van der Waals surface area contributed by atoms with Crippen molar-refractivity contribution in [1.82, 2.24) is 9.97 Å². The second-order valence-corrected chi connectivity index (χ2v) is 5.36. The monoisotopic (exact) mass is 292 g/mol. The standard InChI is InChI=1S/C16H21FN2O2/c1-2-3-4-5-6-7-8-15-18-13-9-11(16(20)21)12(17)10-14(13)19-15/h9-10H,2-8H2,1H3,(H,18,19)(H,20,21). The normalized spacial score (nSPS) is 11.1. The van der Waals surface area contributed by atoms with Crippen LogP contribution in [-0.4, -0.2) is 21.0 Å². The number of carbonyl (C=O) groups is 1. The van der Waals surface area contributed by atoms with Crippen molar-refractivity contribution in [1.29, 1.82) is 0 Å². The molecule has 0 aliphatic carbocycles. The summed E-state index contributed by atoms with van der Waals surface area (Å²) in [4.78, 5) is 18.3. The average Bonchev–Trinajstić information content (AvgIpc) is 2.83. The van der Waals surface area contributed by atoms with Crippen LogP contribution in [0.1, 0.15) is 61.6 Å². The first-order chi connectivity index (χ1) is 10.1. The summed E-state index contributed by atoms with van der Waals surface area (Å²) < 4.78 is 13.6. The third kappa shape index (κ3) is 4.03. The van der Waals surface area contributed by atoms with E-state index in [1.165, 1.54) is 37.8 Å². The molecular formula is C16H21FN2O2. The number of aromatic amines is 1. The highest BCUT2D eigenvalue weighted by molar-refractivity contribution is 5.92. The zero-order valence-corrected chi connectivity index (χ0v) is 12.3. The Bertz CT molecular complexity index is 622. The van der Waals surface area contributed by atoms with Gasteiger partial charge in [0.15, 0.2) is 0 Å². The molecular weight excluding hydrogens is 271 g/mol. The molecule has 0 spiro atoms. The second kappa shape index (κ2) is 7.20. The Kier molecular flexibility index (Phi) is 5.31. The molecule has 0 aliphatic heterocycles. The maximum absolute atomic E-state index is 13.6. The van der Waals surface area contributed by atoms with Gasteiger partial charge >= 0.3 is 5.97 Å². The average molecular weight is 292 g/mol. The quantitative estimate of drug-likeness (QED) is 0.713. The van der Waals surface area contributed by atoms with Gasteiger partial charge in [0, 0.05) is 12.5 Å². The molecule has 2 aromatic rings. The van der Waals surface area contributed by atoms with Crippen molar-refractivity contribution in [3.05, 3.63) is 29.3 Å². The van der Waals surface area contributed by atoms with E-state index in [1.807, 2.05) is 0 Å². The van der Waals surface area contributed by atoms with E-state index in [0.29, 0.717) is 11.0 Å². The molecule has 0 fully saturated rings. The number of unbranched alkanes of at least 4 members (excludes halogenated alkanes) is 5. The number of imidazole rings is 1. The lowest BCUT2D eigenvalue weighted by atomic mass is 10.1. The molecule has 0 atom stereocenters. The molecule has 2 rings (SSSR count). The maximum atomic E-state index is 13.6. The number of carboxylic acids is 1. The Morgan fingerprint density at radius 3 is 2.67 bits per heavy atom. The number of benzene rings is 1. The van der Waals surface area contributed by atoms with Crippen LogP contribution in [0, 0.1) is 5.82 Å². The summed E-state index contributed by atoms with van der Waals surface area (Å²) in [6.07, 6.45) is 8.02. The number of nitrogens with one attached hydrogen (secondary N) is 1. The summed E-state index contributed by atoms with van der Waals surface area (Å²) in [7, 11) is 0. The first-order valence-electron chi connectivity index (χ1n) is 7.53. The van der Waals surface area contributed by atoms with Gasteiger partial charge in [-0.25, -0.2) is 14.2 Å². The zero-order valence-electron chi connectivity index (χ0n) is 12.3. The lowest BCUT2D eigenvalue weighted by Crippen LogP contribution is -1.99. The first-order valence-corrected chi connectivity index (χ1v) is 7.53. The molecule has 0 saturated heterocycles. The van der Waals surface area contributed by atoms with Gasteiger partial charge in [-0.3, -0.25) is 0 Å². The molecule has 1 aromatic heterocycles. The van der Waals surface area contributed by atoms with Crippen LogP contribution in [0.4, 0.5) is 4.39 Å². The maximum Gasteiger partial charge on any atom is 0.338 e. The summed E-state index contributed by atoms with van der Waals surface area (Å²) in [6.45, 7) is 2.19. The van der Waals surface area contributed by atoms with Crippen LogP contribution in [0.2, 0.25) is 0 Å². The van der Waals surface area contributed by atoms with E-state index >= 15 is 0 Å². The van der Waals surface area contributed by atoms with Crippen LogP contribution in [-0.2, 0) is 6.42 Å². The van der Waals surface area contributed by atoms with Crippen molar-refractivity contribution in [2.45, 2.75) is 51.9 Å². The van der Waals surface area contributed by atoms with Crippen LogP contribution in [0.25, 0.3) is 11.0 Å². The van der Waals surface area contributed by atoms with E-state index in [1.54, 1.807) is 0 Å². The Morgan fingerprint density at radius 1 is 1.24 bits per heavy atom. The Morgan fingerprint density at radius 2 is 1.95 bits per heavy atom. The number of aromatic carboxylic acids is 1. The molecule has 5 heteroatoms. The van der Waals surface area contributed by atoms with Gasteiger partial charge in [-0.1, -0.05) is 39.0 Å². The van der Waals surface area contributed by atoms with Gasteiger partial charge < -0.3 is 10.1 Å². The van der Waals surface area contributed by atoms with Gasteiger partial charge in [-0.15, -0.1) is 0 Å². The van der Waals surface area contributed by atoms with Gasteiger partial charge in [-0.05, 0) is 12.5 Å². The predicted molar refractivity (Wildman–Crippen MR) is 80.1 cm³/mol. The van der Waals surface area contributed by atoms with E-state index < -0.39 is 11.8 Å². The highest BCUT2D eigenvalue weighted by Gasteiger charge is 2.13. The summed E-state index contributed by atoms with van der Waals surface area (Å²) in [6, 6.07) is 2.49. The summed E-state index contributed by atoms with van der Waals surface area (Å²) in [5, 5.41) is 8.90. The number of carboxylic acid groups (broad SMARTS) is 1. The van der Waals surface area contributed by atoms with Crippen LogP contribution in [0.15, 0.2) is 12.1 Å². The Balaban J connectivity index is 1.97. The van der Waals surface area contributed by atoms with E-state index in [9.17, 15) is 9.18 Å². The minimum absolute atomic E-state index is 0.333. The SMILES string of the molecule is CCCCCCCCc1nc2cc(C(=O)O)c(F)cc2[nH]1. The number of H-pyrrole nitrogens is 1. The predicted octanol–water partition coefficient (Wildman–Crippen LogP) is 4.30. The van der Waals surface area contributed by atoms with Crippen LogP contribution < -0.4 is 0 Å². The topological polar surface area (TPSA) is 66.0 Å². The highest BCUT2D eigenvalue weighted by atomic mass is 19.1.